The van der Waals surface area contributed by atoms with Crippen LogP contribution in [-0.4, -0.2) is 23.3 Å². The summed E-state index contributed by atoms with van der Waals surface area (Å²) < 4.78 is 0. The first-order valence-electron chi connectivity index (χ1n) is 8.88. The molecule has 0 bridgehead atoms. The summed E-state index contributed by atoms with van der Waals surface area (Å²) in [4.78, 5) is 28.9. The lowest BCUT2D eigenvalue weighted by molar-refractivity contribution is 0.0954. The topological polar surface area (TPSA) is 71.1 Å². The fourth-order valence-electron chi connectivity index (χ4n) is 2.67. The highest BCUT2D eigenvalue weighted by Crippen LogP contribution is 2.14. The number of aryl methyl sites for hydroxylation is 1. The zero-order chi connectivity index (χ0) is 19.9. The average Bonchev–Trinajstić information content (AvgIpc) is 2.71. The lowest BCUT2D eigenvalue weighted by Crippen LogP contribution is -2.26. The molecule has 142 valence electrons. The van der Waals surface area contributed by atoms with E-state index in [0.29, 0.717) is 29.2 Å². The van der Waals surface area contributed by atoms with Gasteiger partial charge in [0.15, 0.2) is 0 Å². The molecule has 3 aromatic rings. The van der Waals surface area contributed by atoms with Crippen LogP contribution in [0.15, 0.2) is 66.9 Å². The van der Waals surface area contributed by atoms with Crippen molar-refractivity contribution in [1.29, 1.82) is 0 Å². The number of anilines is 1. The molecule has 3 rings (SSSR count). The second-order valence-electron chi connectivity index (χ2n) is 6.33. The molecule has 0 radical (unpaired) electrons. The van der Waals surface area contributed by atoms with Crippen LogP contribution in [0.25, 0.3) is 0 Å². The molecule has 2 amide bonds. The van der Waals surface area contributed by atoms with Crippen LogP contribution in [0, 0.1) is 6.92 Å². The summed E-state index contributed by atoms with van der Waals surface area (Å²) >= 11 is 5.87. The Labute approximate surface area is 168 Å². The Hall–Kier alpha value is -3.18. The number of amides is 2. The van der Waals surface area contributed by atoms with Crippen molar-refractivity contribution < 1.29 is 9.59 Å². The SMILES string of the molecule is Cc1ccccc1NC(=O)c1cc(C(=O)NCCc2ccc(Cl)cc2)ccn1. The molecule has 2 N–H and O–H groups in total. The number of aromatic nitrogens is 1. The van der Waals surface area contributed by atoms with Gasteiger partial charge in [-0.15, -0.1) is 0 Å². The Kier molecular flexibility index (Phi) is 6.40. The fraction of sp³-hybridized carbons (Fsp3) is 0.136. The first kappa shape index (κ1) is 19.6. The maximum absolute atomic E-state index is 12.5. The second kappa shape index (κ2) is 9.15. The van der Waals surface area contributed by atoms with E-state index in [-0.39, 0.29) is 17.5 Å². The Balaban J connectivity index is 1.60. The van der Waals surface area contributed by atoms with Crippen molar-refractivity contribution >= 4 is 29.1 Å². The summed E-state index contributed by atoms with van der Waals surface area (Å²) in [5.74, 6) is -0.605. The van der Waals surface area contributed by atoms with Gasteiger partial charge in [-0.25, -0.2) is 0 Å². The van der Waals surface area contributed by atoms with Crippen LogP contribution in [0.1, 0.15) is 32.0 Å². The van der Waals surface area contributed by atoms with E-state index in [1.807, 2.05) is 55.5 Å². The summed E-state index contributed by atoms with van der Waals surface area (Å²) in [6, 6.07) is 18.0. The molecule has 0 fully saturated rings. The molecule has 0 spiro atoms. The van der Waals surface area contributed by atoms with Crippen molar-refractivity contribution in [2.24, 2.45) is 0 Å². The maximum Gasteiger partial charge on any atom is 0.274 e. The standard InChI is InChI=1S/C22H20ClN3O2/c1-15-4-2-3-5-19(15)26-22(28)20-14-17(11-13-24-20)21(27)25-12-10-16-6-8-18(23)9-7-16/h2-9,11,13-14H,10,12H2,1H3,(H,25,27)(H,26,28). The lowest BCUT2D eigenvalue weighted by atomic mass is 10.1. The van der Waals surface area contributed by atoms with Crippen LogP contribution in [-0.2, 0) is 6.42 Å². The number of rotatable bonds is 6. The van der Waals surface area contributed by atoms with E-state index >= 15 is 0 Å². The normalized spacial score (nSPS) is 10.4. The summed E-state index contributed by atoms with van der Waals surface area (Å²) in [5, 5.41) is 6.36. The second-order valence-corrected chi connectivity index (χ2v) is 6.77. The van der Waals surface area contributed by atoms with Crippen molar-refractivity contribution in [3.63, 3.8) is 0 Å². The van der Waals surface area contributed by atoms with Crippen LogP contribution < -0.4 is 10.6 Å². The van der Waals surface area contributed by atoms with E-state index in [1.165, 1.54) is 12.3 Å². The Morgan fingerprint density at radius 2 is 1.75 bits per heavy atom. The van der Waals surface area contributed by atoms with Gasteiger partial charge in [0, 0.05) is 29.0 Å². The number of nitrogens with zero attached hydrogens (tertiary/aromatic N) is 1. The third kappa shape index (κ3) is 5.18. The van der Waals surface area contributed by atoms with Crippen LogP contribution in [0.2, 0.25) is 5.02 Å². The molecular weight excluding hydrogens is 374 g/mol. The van der Waals surface area contributed by atoms with Crippen molar-refractivity contribution in [3.05, 3.63) is 94.3 Å². The molecule has 0 aliphatic rings. The zero-order valence-electron chi connectivity index (χ0n) is 15.4. The number of carbonyl (C=O) groups is 2. The summed E-state index contributed by atoms with van der Waals surface area (Å²) in [5.41, 5.74) is 3.33. The van der Waals surface area contributed by atoms with Crippen molar-refractivity contribution in [1.82, 2.24) is 10.3 Å². The molecule has 2 aromatic carbocycles. The minimum atomic E-state index is -0.356. The van der Waals surface area contributed by atoms with Crippen molar-refractivity contribution in [3.8, 4) is 0 Å². The van der Waals surface area contributed by atoms with E-state index in [0.717, 1.165) is 11.1 Å². The molecule has 5 nitrogen and oxygen atoms in total. The Bertz CT molecular complexity index is 987. The van der Waals surface area contributed by atoms with Crippen LogP contribution in [0.4, 0.5) is 5.69 Å². The molecule has 0 saturated heterocycles. The van der Waals surface area contributed by atoms with Gasteiger partial charge in [0.05, 0.1) is 0 Å². The van der Waals surface area contributed by atoms with E-state index in [2.05, 4.69) is 15.6 Å². The third-order valence-electron chi connectivity index (χ3n) is 4.26. The van der Waals surface area contributed by atoms with E-state index in [1.54, 1.807) is 6.07 Å². The van der Waals surface area contributed by atoms with E-state index < -0.39 is 0 Å². The molecule has 1 heterocycles. The van der Waals surface area contributed by atoms with Gasteiger partial charge < -0.3 is 10.6 Å². The number of halogens is 1. The summed E-state index contributed by atoms with van der Waals surface area (Å²) in [7, 11) is 0. The molecular formula is C22H20ClN3O2. The number of pyridine rings is 1. The number of carbonyl (C=O) groups excluding carboxylic acids is 2. The van der Waals surface area contributed by atoms with Crippen LogP contribution in [0.3, 0.4) is 0 Å². The molecule has 6 heteroatoms. The number of para-hydroxylation sites is 1. The Morgan fingerprint density at radius 3 is 2.50 bits per heavy atom. The van der Waals surface area contributed by atoms with Gasteiger partial charge in [0.1, 0.15) is 5.69 Å². The minimum absolute atomic E-state index is 0.189. The van der Waals surface area contributed by atoms with Crippen LogP contribution in [0.5, 0.6) is 0 Å². The smallest absolute Gasteiger partial charge is 0.274 e. The highest BCUT2D eigenvalue weighted by molar-refractivity contribution is 6.30. The van der Waals surface area contributed by atoms with Gasteiger partial charge in [0.25, 0.3) is 11.8 Å². The minimum Gasteiger partial charge on any atom is -0.352 e. The highest BCUT2D eigenvalue weighted by Gasteiger charge is 2.12. The largest absolute Gasteiger partial charge is 0.352 e. The van der Waals surface area contributed by atoms with Crippen LogP contribution >= 0.6 is 11.6 Å². The lowest BCUT2D eigenvalue weighted by Gasteiger charge is -2.09. The van der Waals surface area contributed by atoms with Gasteiger partial charge in [0.2, 0.25) is 0 Å². The first-order chi connectivity index (χ1) is 13.5. The van der Waals surface area contributed by atoms with Gasteiger partial charge in [-0.2, -0.15) is 0 Å². The van der Waals surface area contributed by atoms with Crippen molar-refractivity contribution in [2.75, 3.05) is 11.9 Å². The van der Waals surface area contributed by atoms with Gasteiger partial charge >= 0.3 is 0 Å². The first-order valence-corrected chi connectivity index (χ1v) is 9.26. The molecule has 0 aliphatic carbocycles. The molecule has 0 atom stereocenters. The number of benzene rings is 2. The summed E-state index contributed by atoms with van der Waals surface area (Å²) in [6.07, 6.45) is 2.15. The fourth-order valence-corrected chi connectivity index (χ4v) is 2.79. The zero-order valence-corrected chi connectivity index (χ0v) is 16.2. The number of hydrogen-bond acceptors (Lipinski definition) is 3. The highest BCUT2D eigenvalue weighted by atomic mass is 35.5. The predicted molar refractivity (Wildman–Crippen MR) is 111 cm³/mol. The molecule has 0 unspecified atom stereocenters. The van der Waals surface area contributed by atoms with E-state index in [9.17, 15) is 9.59 Å². The quantitative estimate of drug-likeness (QED) is 0.657. The molecule has 0 aliphatic heterocycles. The molecule has 28 heavy (non-hydrogen) atoms. The van der Waals surface area contributed by atoms with Gasteiger partial charge in [-0.05, 0) is 54.8 Å². The molecule has 1 aromatic heterocycles. The third-order valence-corrected chi connectivity index (χ3v) is 4.51. The number of nitrogens with one attached hydrogen (secondary N) is 2. The van der Waals surface area contributed by atoms with E-state index in [4.69, 9.17) is 11.6 Å². The van der Waals surface area contributed by atoms with Crippen molar-refractivity contribution in [2.45, 2.75) is 13.3 Å². The number of hydrogen-bond donors (Lipinski definition) is 2. The predicted octanol–water partition coefficient (Wildman–Crippen LogP) is 4.27. The molecule has 0 saturated carbocycles. The van der Waals surface area contributed by atoms with Gasteiger partial charge in [-0.3, -0.25) is 14.6 Å². The average molecular weight is 394 g/mol. The monoisotopic (exact) mass is 393 g/mol. The maximum atomic E-state index is 12.5. The Morgan fingerprint density at radius 1 is 1.00 bits per heavy atom. The summed E-state index contributed by atoms with van der Waals surface area (Å²) in [6.45, 7) is 2.39. The van der Waals surface area contributed by atoms with Gasteiger partial charge in [-0.1, -0.05) is 41.9 Å².